The minimum atomic E-state index is 0.775. The molecule has 3 aliphatic rings. The molecule has 3 rings (SSSR count). The molecule has 2 nitrogen and oxygen atoms in total. The Kier molecular flexibility index (Phi) is 2.97. The first-order valence-electron chi connectivity index (χ1n) is 7.19. The van der Waals surface area contributed by atoms with Crippen LogP contribution in [-0.4, -0.2) is 36.6 Å². The van der Waals surface area contributed by atoms with Gasteiger partial charge in [-0.3, -0.25) is 0 Å². The van der Waals surface area contributed by atoms with E-state index in [1.807, 2.05) is 0 Å². The minimum Gasteiger partial charge on any atom is -0.314 e. The highest BCUT2D eigenvalue weighted by Crippen LogP contribution is 2.37. The monoisotopic (exact) mass is 222 g/mol. The molecule has 0 spiro atoms. The van der Waals surface area contributed by atoms with Crippen molar-refractivity contribution in [1.82, 2.24) is 10.2 Å². The van der Waals surface area contributed by atoms with Crippen LogP contribution in [0.3, 0.4) is 0 Å². The SMILES string of the molecule is CC(NCC1CC2CCC(C1)N2C)C1CC1. The van der Waals surface area contributed by atoms with Crippen LogP contribution in [0, 0.1) is 11.8 Å². The predicted molar refractivity (Wildman–Crippen MR) is 67.5 cm³/mol. The van der Waals surface area contributed by atoms with Gasteiger partial charge in [0.05, 0.1) is 0 Å². The highest BCUT2D eigenvalue weighted by atomic mass is 15.2. The van der Waals surface area contributed by atoms with Crippen molar-refractivity contribution in [3.8, 4) is 0 Å². The molecule has 3 fully saturated rings. The van der Waals surface area contributed by atoms with Gasteiger partial charge in [-0.05, 0) is 70.9 Å². The summed E-state index contributed by atoms with van der Waals surface area (Å²) in [5.74, 6) is 1.96. The zero-order valence-corrected chi connectivity index (χ0v) is 10.8. The quantitative estimate of drug-likeness (QED) is 0.785. The van der Waals surface area contributed by atoms with Crippen LogP contribution in [-0.2, 0) is 0 Å². The zero-order valence-electron chi connectivity index (χ0n) is 10.8. The van der Waals surface area contributed by atoms with E-state index in [2.05, 4.69) is 24.2 Å². The summed E-state index contributed by atoms with van der Waals surface area (Å²) in [7, 11) is 2.33. The molecule has 0 aromatic rings. The zero-order chi connectivity index (χ0) is 11.1. The van der Waals surface area contributed by atoms with E-state index in [0.717, 1.165) is 30.0 Å². The van der Waals surface area contributed by atoms with Crippen molar-refractivity contribution in [2.75, 3.05) is 13.6 Å². The van der Waals surface area contributed by atoms with Gasteiger partial charge in [0.25, 0.3) is 0 Å². The molecular weight excluding hydrogens is 196 g/mol. The number of piperidine rings is 1. The number of nitrogens with zero attached hydrogens (tertiary/aromatic N) is 1. The molecule has 0 amide bonds. The summed E-state index contributed by atoms with van der Waals surface area (Å²) >= 11 is 0. The average Bonchev–Trinajstić information content (AvgIpc) is 3.08. The minimum absolute atomic E-state index is 0.775. The van der Waals surface area contributed by atoms with Crippen LogP contribution >= 0.6 is 0 Å². The summed E-state index contributed by atoms with van der Waals surface area (Å²) in [6.45, 7) is 3.65. The lowest BCUT2D eigenvalue weighted by atomic mass is 9.91. The molecule has 2 heteroatoms. The fourth-order valence-electron chi connectivity index (χ4n) is 3.81. The third kappa shape index (κ3) is 2.14. The second-order valence-corrected chi connectivity index (χ2v) is 6.42. The van der Waals surface area contributed by atoms with Crippen LogP contribution in [0.4, 0.5) is 0 Å². The maximum absolute atomic E-state index is 3.78. The Hall–Kier alpha value is -0.0800. The lowest BCUT2D eigenvalue weighted by Gasteiger charge is -2.36. The first-order valence-corrected chi connectivity index (χ1v) is 7.19. The molecule has 16 heavy (non-hydrogen) atoms. The molecule has 2 saturated heterocycles. The largest absolute Gasteiger partial charge is 0.314 e. The Morgan fingerprint density at radius 2 is 1.75 bits per heavy atom. The number of rotatable bonds is 4. The number of hydrogen-bond acceptors (Lipinski definition) is 2. The van der Waals surface area contributed by atoms with Gasteiger partial charge in [0.1, 0.15) is 0 Å². The Labute approximate surface area is 99.8 Å². The molecule has 3 atom stereocenters. The summed E-state index contributed by atoms with van der Waals surface area (Å²) in [5.41, 5.74) is 0. The summed E-state index contributed by atoms with van der Waals surface area (Å²) in [4.78, 5) is 2.64. The van der Waals surface area contributed by atoms with Crippen LogP contribution < -0.4 is 5.32 Å². The van der Waals surface area contributed by atoms with E-state index >= 15 is 0 Å². The highest BCUT2D eigenvalue weighted by Gasteiger charge is 2.38. The molecule has 0 aromatic carbocycles. The van der Waals surface area contributed by atoms with E-state index in [0.29, 0.717) is 0 Å². The van der Waals surface area contributed by atoms with Crippen molar-refractivity contribution in [3.05, 3.63) is 0 Å². The van der Waals surface area contributed by atoms with Crippen molar-refractivity contribution < 1.29 is 0 Å². The van der Waals surface area contributed by atoms with Crippen LogP contribution in [0.25, 0.3) is 0 Å². The van der Waals surface area contributed by atoms with Crippen LogP contribution in [0.15, 0.2) is 0 Å². The maximum atomic E-state index is 3.78. The van der Waals surface area contributed by atoms with Gasteiger partial charge >= 0.3 is 0 Å². The molecule has 2 bridgehead atoms. The van der Waals surface area contributed by atoms with Gasteiger partial charge in [-0.1, -0.05) is 0 Å². The fraction of sp³-hybridized carbons (Fsp3) is 1.00. The summed E-state index contributed by atoms with van der Waals surface area (Å²) < 4.78 is 0. The first kappa shape index (κ1) is 11.0. The Morgan fingerprint density at radius 3 is 2.31 bits per heavy atom. The molecular formula is C14H26N2. The average molecular weight is 222 g/mol. The van der Waals surface area contributed by atoms with Gasteiger partial charge < -0.3 is 10.2 Å². The lowest BCUT2D eigenvalue weighted by Crippen LogP contribution is -2.43. The summed E-state index contributed by atoms with van der Waals surface area (Å²) in [6.07, 6.45) is 8.72. The fourth-order valence-corrected chi connectivity index (χ4v) is 3.81. The molecule has 3 unspecified atom stereocenters. The van der Waals surface area contributed by atoms with Crippen molar-refractivity contribution in [1.29, 1.82) is 0 Å². The number of fused-ring (bicyclic) bond motifs is 2. The van der Waals surface area contributed by atoms with Crippen LogP contribution in [0.2, 0.25) is 0 Å². The van der Waals surface area contributed by atoms with E-state index < -0.39 is 0 Å². The topological polar surface area (TPSA) is 15.3 Å². The Balaban J connectivity index is 1.46. The normalized spacial score (nSPS) is 41.2. The van der Waals surface area contributed by atoms with E-state index in [1.54, 1.807) is 0 Å². The molecule has 1 aliphatic carbocycles. The van der Waals surface area contributed by atoms with Crippen molar-refractivity contribution in [2.24, 2.45) is 11.8 Å². The van der Waals surface area contributed by atoms with Crippen LogP contribution in [0.5, 0.6) is 0 Å². The van der Waals surface area contributed by atoms with Gasteiger partial charge in [0, 0.05) is 18.1 Å². The molecule has 0 aromatic heterocycles. The van der Waals surface area contributed by atoms with Gasteiger partial charge in [-0.15, -0.1) is 0 Å². The molecule has 92 valence electrons. The smallest absolute Gasteiger partial charge is 0.00988 e. The van der Waals surface area contributed by atoms with E-state index in [-0.39, 0.29) is 0 Å². The van der Waals surface area contributed by atoms with Crippen molar-refractivity contribution in [2.45, 2.75) is 63.6 Å². The van der Waals surface area contributed by atoms with Crippen molar-refractivity contribution >= 4 is 0 Å². The van der Waals surface area contributed by atoms with Gasteiger partial charge in [0.15, 0.2) is 0 Å². The number of nitrogens with one attached hydrogen (secondary N) is 1. The van der Waals surface area contributed by atoms with Crippen LogP contribution in [0.1, 0.15) is 45.4 Å². The second-order valence-electron chi connectivity index (χ2n) is 6.42. The molecule has 2 aliphatic heterocycles. The van der Waals surface area contributed by atoms with Crippen molar-refractivity contribution in [3.63, 3.8) is 0 Å². The Morgan fingerprint density at radius 1 is 1.12 bits per heavy atom. The summed E-state index contributed by atoms with van der Waals surface area (Å²) in [5, 5.41) is 3.78. The van der Waals surface area contributed by atoms with Gasteiger partial charge in [-0.2, -0.15) is 0 Å². The standard InChI is InChI=1S/C14H26N2/c1-10(12-3-4-12)15-9-11-7-13-5-6-14(8-11)16(13)2/h10-15H,3-9H2,1-2H3. The second kappa shape index (κ2) is 4.30. The first-order chi connectivity index (χ1) is 7.74. The van der Waals surface area contributed by atoms with E-state index in [1.165, 1.54) is 45.1 Å². The maximum Gasteiger partial charge on any atom is 0.00988 e. The third-order valence-electron chi connectivity index (χ3n) is 5.25. The lowest BCUT2D eigenvalue weighted by molar-refractivity contribution is 0.131. The molecule has 0 radical (unpaired) electrons. The van der Waals surface area contributed by atoms with Gasteiger partial charge in [0.2, 0.25) is 0 Å². The molecule has 2 heterocycles. The molecule has 1 N–H and O–H groups in total. The Bertz CT molecular complexity index is 235. The van der Waals surface area contributed by atoms with E-state index in [9.17, 15) is 0 Å². The third-order valence-corrected chi connectivity index (χ3v) is 5.25. The summed E-state index contributed by atoms with van der Waals surface area (Å²) in [6, 6.07) is 2.58. The molecule has 1 saturated carbocycles. The highest BCUT2D eigenvalue weighted by molar-refractivity contribution is 4.94. The number of hydrogen-bond donors (Lipinski definition) is 1. The predicted octanol–water partition coefficient (Wildman–Crippen LogP) is 2.25. The van der Waals surface area contributed by atoms with Gasteiger partial charge in [-0.25, -0.2) is 0 Å². The van der Waals surface area contributed by atoms with E-state index in [4.69, 9.17) is 0 Å².